The fraction of sp³-hybridized carbons (Fsp3) is 0.308. The van der Waals surface area contributed by atoms with Crippen LogP contribution in [0.15, 0.2) is 47.5 Å². The first-order valence-corrected chi connectivity index (χ1v) is 5.33. The van der Waals surface area contributed by atoms with Crippen molar-refractivity contribution < 1.29 is 4.74 Å². The van der Waals surface area contributed by atoms with Gasteiger partial charge in [-0.1, -0.05) is 42.5 Å². The highest BCUT2D eigenvalue weighted by atomic mass is 16.5. The molecule has 1 fully saturated rings. The SMILES string of the molecule is C1=C[C@@H]2O[C@H]1CC2=NCc1ccccc1. The van der Waals surface area contributed by atoms with Gasteiger partial charge in [-0.2, -0.15) is 0 Å². The molecule has 15 heavy (non-hydrogen) atoms. The number of aliphatic imine (C=N–C) groups is 1. The molecule has 1 aromatic rings. The normalized spacial score (nSPS) is 30.3. The molecule has 2 nitrogen and oxygen atoms in total. The van der Waals surface area contributed by atoms with Gasteiger partial charge in [0.15, 0.2) is 0 Å². The van der Waals surface area contributed by atoms with Crippen molar-refractivity contribution in [3.63, 3.8) is 0 Å². The van der Waals surface area contributed by atoms with Gasteiger partial charge in [-0.05, 0) is 5.56 Å². The van der Waals surface area contributed by atoms with Gasteiger partial charge < -0.3 is 4.74 Å². The van der Waals surface area contributed by atoms with Gasteiger partial charge in [0.2, 0.25) is 0 Å². The number of ether oxygens (including phenoxy) is 1. The van der Waals surface area contributed by atoms with E-state index in [0.717, 1.165) is 13.0 Å². The van der Waals surface area contributed by atoms with E-state index in [1.807, 2.05) is 18.2 Å². The van der Waals surface area contributed by atoms with Crippen molar-refractivity contribution in [1.29, 1.82) is 0 Å². The molecule has 0 unspecified atom stereocenters. The number of hydrogen-bond donors (Lipinski definition) is 0. The largest absolute Gasteiger partial charge is 0.360 e. The van der Waals surface area contributed by atoms with Gasteiger partial charge >= 0.3 is 0 Å². The summed E-state index contributed by atoms with van der Waals surface area (Å²) < 4.78 is 5.63. The molecule has 2 aliphatic heterocycles. The Balaban J connectivity index is 1.71. The quantitative estimate of drug-likeness (QED) is 0.670. The average Bonchev–Trinajstić information content (AvgIpc) is 2.89. The third-order valence-corrected chi connectivity index (χ3v) is 2.87. The van der Waals surface area contributed by atoms with E-state index in [9.17, 15) is 0 Å². The van der Waals surface area contributed by atoms with Gasteiger partial charge in [0, 0.05) is 12.1 Å². The first-order valence-electron chi connectivity index (χ1n) is 5.33. The number of benzene rings is 1. The molecule has 0 aromatic heterocycles. The third-order valence-electron chi connectivity index (χ3n) is 2.87. The summed E-state index contributed by atoms with van der Waals surface area (Å²) in [5, 5.41) is 0. The lowest BCUT2D eigenvalue weighted by Gasteiger charge is -2.04. The van der Waals surface area contributed by atoms with E-state index < -0.39 is 0 Å². The average molecular weight is 199 g/mol. The second-order valence-corrected chi connectivity index (χ2v) is 3.98. The number of rotatable bonds is 2. The molecule has 0 radical (unpaired) electrons. The molecular formula is C13H13NO. The zero-order valence-corrected chi connectivity index (χ0v) is 8.47. The first-order chi connectivity index (χ1) is 7.42. The number of nitrogens with zero attached hydrogens (tertiary/aromatic N) is 1. The molecule has 1 saturated heterocycles. The van der Waals surface area contributed by atoms with E-state index in [4.69, 9.17) is 4.74 Å². The molecule has 2 aliphatic rings. The molecule has 2 heteroatoms. The molecule has 0 saturated carbocycles. The van der Waals surface area contributed by atoms with Crippen LogP contribution in [0.25, 0.3) is 0 Å². The van der Waals surface area contributed by atoms with Crippen molar-refractivity contribution in [2.24, 2.45) is 4.99 Å². The van der Waals surface area contributed by atoms with Gasteiger partial charge in [0.05, 0.1) is 12.6 Å². The maximum Gasteiger partial charge on any atom is 0.114 e. The van der Waals surface area contributed by atoms with Crippen LogP contribution in [0, 0.1) is 0 Å². The molecule has 1 aromatic carbocycles. The van der Waals surface area contributed by atoms with Gasteiger partial charge in [-0.3, -0.25) is 4.99 Å². The minimum absolute atomic E-state index is 0.165. The van der Waals surface area contributed by atoms with Gasteiger partial charge in [-0.25, -0.2) is 0 Å². The summed E-state index contributed by atoms with van der Waals surface area (Å²) in [5.74, 6) is 0. The van der Waals surface area contributed by atoms with Crippen molar-refractivity contribution in [2.75, 3.05) is 0 Å². The maximum atomic E-state index is 5.63. The number of fused-ring (bicyclic) bond motifs is 2. The zero-order valence-electron chi connectivity index (χ0n) is 8.47. The Labute approximate surface area is 89.3 Å². The van der Waals surface area contributed by atoms with E-state index in [1.165, 1.54) is 11.3 Å². The Bertz CT molecular complexity index is 408. The minimum Gasteiger partial charge on any atom is -0.360 e. The summed E-state index contributed by atoms with van der Waals surface area (Å²) in [6.45, 7) is 0.774. The number of hydrogen-bond acceptors (Lipinski definition) is 2. The van der Waals surface area contributed by atoms with Crippen LogP contribution < -0.4 is 0 Å². The molecular weight excluding hydrogens is 186 g/mol. The van der Waals surface area contributed by atoms with Crippen LogP contribution in [-0.2, 0) is 11.3 Å². The topological polar surface area (TPSA) is 21.6 Å². The second kappa shape index (κ2) is 3.63. The fourth-order valence-corrected chi connectivity index (χ4v) is 2.06. The highest BCUT2D eigenvalue weighted by Gasteiger charge is 2.32. The van der Waals surface area contributed by atoms with Gasteiger partial charge in [0.25, 0.3) is 0 Å². The van der Waals surface area contributed by atoms with E-state index in [-0.39, 0.29) is 6.10 Å². The predicted molar refractivity (Wildman–Crippen MR) is 60.0 cm³/mol. The Morgan fingerprint density at radius 2 is 2.07 bits per heavy atom. The van der Waals surface area contributed by atoms with Crippen LogP contribution in [0.4, 0.5) is 0 Å². The Hall–Kier alpha value is -1.41. The maximum absolute atomic E-state index is 5.63. The van der Waals surface area contributed by atoms with E-state index in [0.29, 0.717) is 6.10 Å². The molecule has 0 amide bonds. The van der Waals surface area contributed by atoms with E-state index >= 15 is 0 Å². The van der Waals surface area contributed by atoms with Crippen LogP contribution >= 0.6 is 0 Å². The highest BCUT2D eigenvalue weighted by molar-refractivity contribution is 5.93. The molecule has 3 rings (SSSR count). The summed E-state index contributed by atoms with van der Waals surface area (Å²) in [6.07, 6.45) is 5.68. The Kier molecular flexibility index (Phi) is 2.14. The Morgan fingerprint density at radius 1 is 1.20 bits per heavy atom. The van der Waals surface area contributed by atoms with Crippen molar-refractivity contribution in [3.8, 4) is 0 Å². The third kappa shape index (κ3) is 1.73. The summed E-state index contributed by atoms with van der Waals surface area (Å²) in [7, 11) is 0. The zero-order chi connectivity index (χ0) is 10.1. The highest BCUT2D eigenvalue weighted by Crippen LogP contribution is 2.26. The van der Waals surface area contributed by atoms with Crippen molar-refractivity contribution in [2.45, 2.75) is 25.2 Å². The Morgan fingerprint density at radius 3 is 2.73 bits per heavy atom. The van der Waals surface area contributed by atoms with E-state index in [2.05, 4.69) is 29.3 Å². The van der Waals surface area contributed by atoms with Crippen molar-refractivity contribution >= 4 is 5.71 Å². The molecule has 0 spiro atoms. The van der Waals surface area contributed by atoms with Crippen LogP contribution in [0.5, 0.6) is 0 Å². The van der Waals surface area contributed by atoms with Crippen molar-refractivity contribution in [3.05, 3.63) is 48.0 Å². The molecule has 2 heterocycles. The van der Waals surface area contributed by atoms with Crippen LogP contribution in [-0.4, -0.2) is 17.9 Å². The lowest BCUT2D eigenvalue weighted by molar-refractivity contribution is 0.132. The summed E-state index contributed by atoms with van der Waals surface area (Å²) in [6, 6.07) is 10.3. The lowest BCUT2D eigenvalue weighted by Crippen LogP contribution is -2.12. The molecule has 2 atom stereocenters. The molecule has 0 N–H and O–H groups in total. The van der Waals surface area contributed by atoms with Crippen LogP contribution in [0.1, 0.15) is 12.0 Å². The molecule has 76 valence electrons. The minimum atomic E-state index is 0.165. The molecule has 0 aliphatic carbocycles. The molecule has 2 bridgehead atoms. The summed E-state index contributed by atoms with van der Waals surface area (Å²) in [5.41, 5.74) is 2.46. The second-order valence-electron chi connectivity index (χ2n) is 3.98. The van der Waals surface area contributed by atoms with E-state index in [1.54, 1.807) is 0 Å². The van der Waals surface area contributed by atoms with Gasteiger partial charge in [0.1, 0.15) is 6.10 Å². The summed E-state index contributed by atoms with van der Waals surface area (Å²) in [4.78, 5) is 4.62. The standard InChI is InChI=1S/C13H13NO/c1-2-4-10(5-3-1)9-14-12-8-11-6-7-13(12)15-11/h1-7,11,13H,8-9H2/t11-,13+/m1/s1. The smallest absolute Gasteiger partial charge is 0.114 e. The monoisotopic (exact) mass is 199 g/mol. The lowest BCUT2D eigenvalue weighted by atomic mass is 10.1. The fourth-order valence-electron chi connectivity index (χ4n) is 2.06. The van der Waals surface area contributed by atoms with Crippen LogP contribution in [0.3, 0.4) is 0 Å². The van der Waals surface area contributed by atoms with Gasteiger partial charge in [-0.15, -0.1) is 0 Å². The predicted octanol–water partition coefficient (Wildman–Crippen LogP) is 2.35. The first kappa shape index (κ1) is 8.86. The van der Waals surface area contributed by atoms with Crippen LogP contribution in [0.2, 0.25) is 0 Å². The summed E-state index contributed by atoms with van der Waals surface area (Å²) >= 11 is 0. The van der Waals surface area contributed by atoms with Crippen molar-refractivity contribution in [1.82, 2.24) is 0 Å².